The van der Waals surface area contributed by atoms with E-state index in [4.69, 9.17) is 18.9 Å². The van der Waals surface area contributed by atoms with Gasteiger partial charge in [0.25, 0.3) is 0 Å². The van der Waals surface area contributed by atoms with E-state index in [-0.39, 0.29) is 47.5 Å². The fraction of sp³-hybridized carbons (Fsp3) is 1.00. The maximum Gasteiger partial charge on any atom is 0.170 e. The zero-order chi connectivity index (χ0) is 33.8. The van der Waals surface area contributed by atoms with Crippen molar-refractivity contribution in [1.29, 1.82) is 0 Å². The van der Waals surface area contributed by atoms with Crippen molar-refractivity contribution in [3.05, 3.63) is 0 Å². The quantitative estimate of drug-likeness (QED) is 0.302. The van der Waals surface area contributed by atoms with Crippen LogP contribution >= 0.6 is 0 Å². The zero-order valence-electron chi connectivity index (χ0n) is 30.8. The molecule has 5 saturated carbocycles. The fourth-order valence-electron chi connectivity index (χ4n) is 14.1. The Morgan fingerprint density at radius 2 is 1.74 bits per heavy atom. The normalized spacial score (nSPS) is 51.3. The molecule has 0 aromatic carbocycles. The van der Waals surface area contributed by atoms with E-state index < -0.39 is 17.8 Å². The molecule has 0 amide bonds. The molecule has 3 N–H and O–H groups in total. The highest BCUT2D eigenvalue weighted by molar-refractivity contribution is 5.33. The molecule has 0 bridgehead atoms. The third-order valence-corrected chi connectivity index (χ3v) is 16.2. The van der Waals surface area contributed by atoms with Gasteiger partial charge in [-0.3, -0.25) is 4.90 Å². The summed E-state index contributed by atoms with van der Waals surface area (Å²) < 4.78 is 26.1. The van der Waals surface area contributed by atoms with Crippen molar-refractivity contribution in [2.75, 3.05) is 39.5 Å². The molecule has 7 rings (SSSR count). The number of hydrogen-bond donors (Lipinski definition) is 3. The number of hydrogen-bond acceptors (Lipinski definition) is 8. The second-order valence-electron chi connectivity index (χ2n) is 18.9. The molecule has 47 heavy (non-hydrogen) atoms. The summed E-state index contributed by atoms with van der Waals surface area (Å²) in [4.78, 5) is 2.38. The zero-order valence-corrected chi connectivity index (χ0v) is 30.8. The van der Waals surface area contributed by atoms with Gasteiger partial charge >= 0.3 is 0 Å². The van der Waals surface area contributed by atoms with E-state index in [1.165, 1.54) is 32.1 Å². The molecule has 0 unspecified atom stereocenters. The SMILES string of the molecule is CCO[C@@H]([C@H]1C[C@@H](C)[C@H]2[C@H](O1)[C@H](O)[C@@]1(C)[C@@H]3CC[C@H]4C(C)(C)[C@@H](O[C@H]5CN(CCCO)CCO5)CC[C@@]45C[C@@]35CC[C@]21C)C(C)(C)O. The summed E-state index contributed by atoms with van der Waals surface area (Å²) in [5, 5.41) is 33.0. The second kappa shape index (κ2) is 11.9. The first-order valence-electron chi connectivity index (χ1n) is 19.4. The highest BCUT2D eigenvalue weighted by Gasteiger charge is 2.84. The van der Waals surface area contributed by atoms with E-state index in [2.05, 4.69) is 39.5 Å². The Morgan fingerprint density at radius 3 is 2.45 bits per heavy atom. The molecule has 8 nitrogen and oxygen atoms in total. The van der Waals surface area contributed by atoms with Gasteiger partial charge in [-0.2, -0.15) is 0 Å². The molecule has 2 aliphatic heterocycles. The molecular formula is C39H67NO7. The van der Waals surface area contributed by atoms with Crippen LogP contribution in [0.4, 0.5) is 0 Å². The monoisotopic (exact) mass is 661 g/mol. The number of rotatable bonds is 9. The van der Waals surface area contributed by atoms with E-state index in [1.807, 2.05) is 20.8 Å². The van der Waals surface area contributed by atoms with Gasteiger partial charge in [0.1, 0.15) is 6.10 Å². The van der Waals surface area contributed by atoms with Crippen molar-refractivity contribution in [3.63, 3.8) is 0 Å². The predicted molar refractivity (Wildman–Crippen MR) is 181 cm³/mol. The Kier molecular flexibility index (Phi) is 8.86. The molecule has 7 fully saturated rings. The third kappa shape index (κ3) is 4.95. The molecular weight excluding hydrogens is 594 g/mol. The average Bonchev–Trinajstić information content (AvgIpc) is 3.64. The van der Waals surface area contributed by atoms with Gasteiger partial charge in [0.15, 0.2) is 6.29 Å². The topological polar surface area (TPSA) is 101 Å². The minimum absolute atomic E-state index is 0.0138. The van der Waals surface area contributed by atoms with Crippen molar-refractivity contribution < 1.29 is 34.3 Å². The molecule has 8 heteroatoms. The van der Waals surface area contributed by atoms with Crippen molar-refractivity contribution in [2.24, 2.45) is 50.7 Å². The number of morpholine rings is 1. The van der Waals surface area contributed by atoms with E-state index in [1.54, 1.807) is 0 Å². The van der Waals surface area contributed by atoms with Gasteiger partial charge < -0.3 is 34.3 Å². The Labute approximate surface area is 284 Å². The smallest absolute Gasteiger partial charge is 0.170 e. The van der Waals surface area contributed by atoms with E-state index in [9.17, 15) is 15.3 Å². The maximum atomic E-state index is 12.6. The summed E-state index contributed by atoms with van der Waals surface area (Å²) in [5.74, 6) is 1.80. The van der Waals surface area contributed by atoms with E-state index >= 15 is 0 Å². The van der Waals surface area contributed by atoms with Crippen LogP contribution in [0.3, 0.4) is 0 Å². The number of aliphatic hydroxyl groups excluding tert-OH is 2. The highest BCUT2D eigenvalue weighted by atomic mass is 16.7. The van der Waals surface area contributed by atoms with Crippen LogP contribution in [0.25, 0.3) is 0 Å². The minimum atomic E-state index is -1.02. The van der Waals surface area contributed by atoms with E-state index in [0.29, 0.717) is 47.7 Å². The lowest BCUT2D eigenvalue weighted by Gasteiger charge is -2.64. The summed E-state index contributed by atoms with van der Waals surface area (Å²) in [7, 11) is 0. The van der Waals surface area contributed by atoms with E-state index in [0.717, 1.165) is 45.3 Å². The lowest BCUT2D eigenvalue weighted by Crippen LogP contribution is -2.60. The molecule has 2 heterocycles. The molecule has 2 spiro atoms. The molecule has 14 atom stereocenters. The van der Waals surface area contributed by atoms with Crippen molar-refractivity contribution >= 4 is 0 Å². The average molecular weight is 662 g/mol. The van der Waals surface area contributed by atoms with Crippen LogP contribution in [0, 0.1) is 50.7 Å². The molecule has 0 aromatic heterocycles. The van der Waals surface area contributed by atoms with Gasteiger partial charge in [0.2, 0.25) is 0 Å². The number of ether oxygens (including phenoxy) is 4. The first-order valence-corrected chi connectivity index (χ1v) is 19.4. The summed E-state index contributed by atoms with van der Waals surface area (Å²) in [6.45, 7) is 22.0. The molecule has 2 saturated heterocycles. The predicted octanol–water partition coefficient (Wildman–Crippen LogP) is 5.40. The Balaban J connectivity index is 1.11. The molecule has 270 valence electrons. The third-order valence-electron chi connectivity index (χ3n) is 16.2. The van der Waals surface area contributed by atoms with Crippen LogP contribution in [0.15, 0.2) is 0 Å². The number of nitrogens with zero attached hydrogens (tertiary/aromatic N) is 1. The Hall–Kier alpha value is -0.320. The largest absolute Gasteiger partial charge is 0.396 e. The lowest BCUT2D eigenvalue weighted by atomic mass is 9.41. The summed E-state index contributed by atoms with van der Waals surface area (Å²) in [5.41, 5.74) is -0.512. The van der Waals surface area contributed by atoms with Crippen LogP contribution in [-0.4, -0.2) is 102 Å². The van der Waals surface area contributed by atoms with Gasteiger partial charge in [0.05, 0.1) is 36.6 Å². The van der Waals surface area contributed by atoms with Crippen LogP contribution in [0.5, 0.6) is 0 Å². The van der Waals surface area contributed by atoms with Crippen LogP contribution < -0.4 is 0 Å². The van der Waals surface area contributed by atoms with Gasteiger partial charge in [-0.1, -0.05) is 34.6 Å². The first kappa shape index (κ1) is 35.1. The fourth-order valence-corrected chi connectivity index (χ4v) is 14.1. The summed E-state index contributed by atoms with van der Waals surface area (Å²) in [6.07, 6.45) is 8.65. The highest BCUT2D eigenvalue weighted by Crippen LogP contribution is 2.89. The lowest BCUT2D eigenvalue weighted by molar-refractivity contribution is -0.249. The number of fused-ring (bicyclic) bond motifs is 4. The number of aliphatic hydroxyl groups is 3. The van der Waals surface area contributed by atoms with Crippen molar-refractivity contribution in [2.45, 2.75) is 156 Å². The standard InChI is InChI=1S/C39H67NO7/c1-9-44-33(35(5,6)43)25-21-24(2)30-31(46-25)32(42)37(8)27-12-11-26-34(3,4)28(47-29-22-40(17-10-19-41)18-20-45-29)13-14-38(26)23-39(27,38)16-15-36(30,37)7/h24-33,41-43H,9-23H2,1-8H3/t24-,25-,26+,27+,28+,29+,30+,31+,32+,33+,36-,37-,38-,39+/m1/s1. The van der Waals surface area contributed by atoms with Gasteiger partial charge in [-0.05, 0) is 124 Å². The summed E-state index contributed by atoms with van der Waals surface area (Å²) in [6, 6.07) is 0. The molecule has 5 aliphatic carbocycles. The first-order chi connectivity index (χ1) is 22.1. The van der Waals surface area contributed by atoms with Crippen LogP contribution in [-0.2, 0) is 18.9 Å². The Bertz CT molecular complexity index is 1160. The van der Waals surface area contributed by atoms with Crippen LogP contribution in [0.1, 0.15) is 113 Å². The molecule has 0 aromatic rings. The van der Waals surface area contributed by atoms with Crippen LogP contribution in [0.2, 0.25) is 0 Å². The van der Waals surface area contributed by atoms with Gasteiger partial charge in [0, 0.05) is 38.3 Å². The van der Waals surface area contributed by atoms with Gasteiger partial charge in [-0.25, -0.2) is 0 Å². The van der Waals surface area contributed by atoms with Crippen molar-refractivity contribution in [1.82, 2.24) is 4.90 Å². The van der Waals surface area contributed by atoms with Crippen molar-refractivity contribution in [3.8, 4) is 0 Å². The second-order valence-corrected chi connectivity index (χ2v) is 18.9. The molecule has 7 aliphatic rings. The maximum absolute atomic E-state index is 12.6. The molecule has 0 radical (unpaired) electrons. The summed E-state index contributed by atoms with van der Waals surface area (Å²) >= 11 is 0. The Morgan fingerprint density at radius 1 is 1.02 bits per heavy atom. The van der Waals surface area contributed by atoms with Gasteiger partial charge in [-0.15, -0.1) is 0 Å². The minimum Gasteiger partial charge on any atom is -0.396 e.